The number of hydrogen-bond acceptors (Lipinski definition) is 4. The number of amides is 1. The summed E-state index contributed by atoms with van der Waals surface area (Å²) in [6.07, 6.45) is 0.188. The molecule has 0 bridgehead atoms. The van der Waals surface area contributed by atoms with Gasteiger partial charge in [-0.3, -0.25) is 4.79 Å². The van der Waals surface area contributed by atoms with Gasteiger partial charge in [0.2, 0.25) is 5.91 Å². The summed E-state index contributed by atoms with van der Waals surface area (Å²) >= 11 is 5.97. The Balaban J connectivity index is 2.84. The molecule has 0 unspecified atom stereocenters. The topological polar surface area (TPSA) is 76.1 Å². The van der Waals surface area contributed by atoms with Crippen molar-refractivity contribution in [3.63, 3.8) is 0 Å². The predicted octanol–water partition coefficient (Wildman–Crippen LogP) is 1.90. The van der Waals surface area contributed by atoms with Gasteiger partial charge in [0.15, 0.2) is 11.5 Å². The van der Waals surface area contributed by atoms with Crippen LogP contribution in [0.1, 0.15) is 16.8 Å². The summed E-state index contributed by atoms with van der Waals surface area (Å²) < 4.78 is 10.5. The zero-order chi connectivity index (χ0) is 15.3. The van der Waals surface area contributed by atoms with Crippen molar-refractivity contribution >= 4 is 23.5 Å². The number of hydrogen-bond donors (Lipinski definition) is 1. The monoisotopic (exact) mass is 301 g/mol. The first-order chi connectivity index (χ1) is 9.36. The van der Waals surface area contributed by atoms with Crippen LogP contribution in [-0.4, -0.2) is 49.7 Å². The smallest absolute Gasteiger partial charge is 0.335 e. The third kappa shape index (κ3) is 4.03. The second-order valence-electron chi connectivity index (χ2n) is 4.18. The zero-order valence-corrected chi connectivity index (χ0v) is 12.2. The van der Waals surface area contributed by atoms with E-state index in [0.717, 1.165) is 0 Å². The van der Waals surface area contributed by atoms with Gasteiger partial charge in [-0.15, -0.1) is 0 Å². The van der Waals surface area contributed by atoms with Gasteiger partial charge in [-0.2, -0.15) is 0 Å². The predicted molar refractivity (Wildman–Crippen MR) is 73.8 cm³/mol. The Bertz CT molecular complexity index is 516. The number of carbonyl (C=O) groups is 2. The van der Waals surface area contributed by atoms with Gasteiger partial charge in [0, 0.05) is 14.1 Å². The average molecular weight is 302 g/mol. The SMILES string of the molecule is COc1cc(C(=O)O)cc(Cl)c1OCCC(=O)N(C)C. The van der Waals surface area contributed by atoms with E-state index in [4.69, 9.17) is 26.2 Å². The van der Waals surface area contributed by atoms with Gasteiger partial charge in [0.25, 0.3) is 0 Å². The number of carbonyl (C=O) groups excluding carboxylic acids is 1. The molecule has 0 saturated carbocycles. The summed E-state index contributed by atoms with van der Waals surface area (Å²) in [5.74, 6) is -0.750. The molecular formula is C13H16ClNO5. The maximum absolute atomic E-state index is 11.4. The van der Waals surface area contributed by atoms with Crippen LogP contribution < -0.4 is 9.47 Å². The minimum absolute atomic E-state index is 0.00330. The molecule has 1 rings (SSSR count). The van der Waals surface area contributed by atoms with Crippen molar-refractivity contribution in [2.24, 2.45) is 0 Å². The van der Waals surface area contributed by atoms with Crippen LogP contribution in [0.3, 0.4) is 0 Å². The fourth-order valence-corrected chi connectivity index (χ4v) is 1.71. The fourth-order valence-electron chi connectivity index (χ4n) is 1.45. The number of benzene rings is 1. The lowest BCUT2D eigenvalue weighted by Gasteiger charge is -2.14. The fraction of sp³-hybridized carbons (Fsp3) is 0.385. The van der Waals surface area contributed by atoms with Crippen molar-refractivity contribution in [2.45, 2.75) is 6.42 Å². The van der Waals surface area contributed by atoms with Crippen molar-refractivity contribution in [2.75, 3.05) is 27.8 Å². The van der Waals surface area contributed by atoms with Gasteiger partial charge >= 0.3 is 5.97 Å². The summed E-state index contributed by atoms with van der Waals surface area (Å²) in [5, 5.41) is 9.05. The molecule has 110 valence electrons. The molecule has 0 atom stereocenters. The van der Waals surface area contributed by atoms with E-state index in [1.807, 2.05) is 0 Å². The van der Waals surface area contributed by atoms with E-state index in [2.05, 4.69) is 0 Å². The Hall–Kier alpha value is -1.95. The molecule has 0 heterocycles. The number of rotatable bonds is 6. The molecule has 0 radical (unpaired) electrons. The van der Waals surface area contributed by atoms with Crippen LogP contribution in [0.4, 0.5) is 0 Å². The molecule has 0 saturated heterocycles. The molecule has 0 fully saturated rings. The summed E-state index contributed by atoms with van der Waals surface area (Å²) in [7, 11) is 4.68. The number of nitrogens with zero attached hydrogens (tertiary/aromatic N) is 1. The van der Waals surface area contributed by atoms with E-state index in [-0.39, 0.29) is 41.0 Å². The molecule has 0 aromatic heterocycles. The van der Waals surface area contributed by atoms with E-state index >= 15 is 0 Å². The van der Waals surface area contributed by atoms with Gasteiger partial charge in [-0.05, 0) is 12.1 Å². The molecule has 20 heavy (non-hydrogen) atoms. The third-order valence-electron chi connectivity index (χ3n) is 2.54. The minimum Gasteiger partial charge on any atom is -0.493 e. The number of ether oxygens (including phenoxy) is 2. The van der Waals surface area contributed by atoms with Crippen LogP contribution in [0.15, 0.2) is 12.1 Å². The van der Waals surface area contributed by atoms with E-state index in [1.54, 1.807) is 14.1 Å². The molecule has 6 nitrogen and oxygen atoms in total. The first-order valence-electron chi connectivity index (χ1n) is 5.80. The molecule has 0 aliphatic carbocycles. The van der Waals surface area contributed by atoms with Gasteiger partial charge in [0.05, 0.1) is 30.7 Å². The largest absolute Gasteiger partial charge is 0.493 e. The standard InChI is InChI=1S/C13H16ClNO5/c1-15(2)11(16)4-5-20-12-9(14)6-8(13(17)18)7-10(12)19-3/h6-7H,4-5H2,1-3H3,(H,17,18). The van der Waals surface area contributed by atoms with Crippen molar-refractivity contribution in [1.29, 1.82) is 0 Å². The maximum Gasteiger partial charge on any atom is 0.335 e. The average Bonchev–Trinajstić information content (AvgIpc) is 2.39. The highest BCUT2D eigenvalue weighted by Crippen LogP contribution is 2.36. The summed E-state index contributed by atoms with van der Waals surface area (Å²) in [6, 6.07) is 2.59. The zero-order valence-electron chi connectivity index (χ0n) is 11.5. The molecule has 0 spiro atoms. The van der Waals surface area contributed by atoms with Crippen LogP contribution in [0.25, 0.3) is 0 Å². The third-order valence-corrected chi connectivity index (χ3v) is 2.82. The van der Waals surface area contributed by atoms with Crippen LogP contribution in [0.2, 0.25) is 5.02 Å². The van der Waals surface area contributed by atoms with Crippen molar-refractivity contribution in [1.82, 2.24) is 4.90 Å². The lowest BCUT2D eigenvalue weighted by molar-refractivity contribution is -0.129. The Morgan fingerprint density at radius 3 is 2.50 bits per heavy atom. The maximum atomic E-state index is 11.4. The van der Waals surface area contributed by atoms with Gasteiger partial charge in [0.1, 0.15) is 0 Å². The number of aromatic carboxylic acids is 1. The van der Waals surface area contributed by atoms with Crippen molar-refractivity contribution < 1.29 is 24.2 Å². The molecule has 7 heteroatoms. The minimum atomic E-state index is -1.11. The molecule has 0 aliphatic rings. The molecular weight excluding hydrogens is 286 g/mol. The van der Waals surface area contributed by atoms with Crippen LogP contribution >= 0.6 is 11.6 Å². The summed E-state index contributed by atoms with van der Waals surface area (Å²) in [5.41, 5.74) is 0.00330. The summed E-state index contributed by atoms with van der Waals surface area (Å²) in [4.78, 5) is 23.8. The quantitative estimate of drug-likeness (QED) is 0.868. The Morgan fingerprint density at radius 2 is 2.00 bits per heavy atom. The first-order valence-corrected chi connectivity index (χ1v) is 6.18. The second-order valence-corrected chi connectivity index (χ2v) is 4.59. The second kappa shape index (κ2) is 7.00. The molecule has 1 amide bonds. The van der Waals surface area contributed by atoms with Gasteiger partial charge in [-0.25, -0.2) is 4.79 Å². The van der Waals surface area contributed by atoms with Gasteiger partial charge < -0.3 is 19.5 Å². The van der Waals surface area contributed by atoms with Crippen molar-refractivity contribution in [3.8, 4) is 11.5 Å². The van der Waals surface area contributed by atoms with Crippen LogP contribution in [0, 0.1) is 0 Å². The highest BCUT2D eigenvalue weighted by molar-refractivity contribution is 6.32. The molecule has 1 aromatic rings. The lowest BCUT2D eigenvalue weighted by atomic mass is 10.2. The van der Waals surface area contributed by atoms with E-state index in [0.29, 0.717) is 0 Å². The number of halogens is 1. The van der Waals surface area contributed by atoms with E-state index in [9.17, 15) is 9.59 Å². The lowest BCUT2D eigenvalue weighted by Crippen LogP contribution is -2.23. The first kappa shape index (κ1) is 16.1. The number of carboxylic acid groups (broad SMARTS) is 1. The molecule has 0 aliphatic heterocycles. The Kier molecular flexibility index (Phi) is 5.64. The molecule has 1 aromatic carbocycles. The highest BCUT2D eigenvalue weighted by atomic mass is 35.5. The van der Waals surface area contributed by atoms with Crippen LogP contribution in [0.5, 0.6) is 11.5 Å². The highest BCUT2D eigenvalue weighted by Gasteiger charge is 2.16. The Morgan fingerprint density at radius 1 is 1.35 bits per heavy atom. The number of methoxy groups -OCH3 is 1. The van der Waals surface area contributed by atoms with Gasteiger partial charge in [-0.1, -0.05) is 11.6 Å². The van der Waals surface area contributed by atoms with Crippen LogP contribution in [-0.2, 0) is 4.79 Å². The van der Waals surface area contributed by atoms with E-state index in [1.165, 1.54) is 24.1 Å². The normalized spacial score (nSPS) is 10.0. The van der Waals surface area contributed by atoms with E-state index < -0.39 is 5.97 Å². The molecule has 1 N–H and O–H groups in total. The number of carboxylic acids is 1. The summed E-state index contributed by atoms with van der Waals surface area (Å²) in [6.45, 7) is 0.125. The van der Waals surface area contributed by atoms with Crippen molar-refractivity contribution in [3.05, 3.63) is 22.7 Å². The Labute approximate surface area is 121 Å².